The van der Waals surface area contributed by atoms with E-state index in [1.165, 1.54) is 5.56 Å². The van der Waals surface area contributed by atoms with Crippen LogP contribution in [0.4, 0.5) is 0 Å². The van der Waals surface area contributed by atoms with Gasteiger partial charge in [0.15, 0.2) is 0 Å². The fraction of sp³-hybridized carbons (Fsp3) is 0.136. The van der Waals surface area contributed by atoms with Crippen molar-refractivity contribution < 1.29 is 9.57 Å². The summed E-state index contributed by atoms with van der Waals surface area (Å²) in [7, 11) is 1.54. The summed E-state index contributed by atoms with van der Waals surface area (Å²) in [6.45, 7) is 2.49. The van der Waals surface area contributed by atoms with Crippen LogP contribution in [-0.4, -0.2) is 12.8 Å². The van der Waals surface area contributed by atoms with Gasteiger partial charge in [-0.25, -0.2) is 0 Å². The first-order chi connectivity index (χ1) is 12.7. The largest absolute Gasteiger partial charge is 0.489 e. The molecule has 0 aliphatic rings. The van der Waals surface area contributed by atoms with E-state index in [0.717, 1.165) is 28.2 Å². The van der Waals surface area contributed by atoms with Crippen molar-refractivity contribution in [2.24, 2.45) is 5.16 Å². The predicted molar refractivity (Wildman–Crippen MR) is 106 cm³/mol. The molecule has 0 fully saturated rings. The van der Waals surface area contributed by atoms with Crippen molar-refractivity contribution >= 4 is 17.3 Å². The van der Waals surface area contributed by atoms with E-state index in [2.05, 4.69) is 12.1 Å². The third-order valence-corrected chi connectivity index (χ3v) is 4.24. The van der Waals surface area contributed by atoms with Crippen LogP contribution in [0.15, 0.2) is 78.0 Å². The second-order valence-electron chi connectivity index (χ2n) is 5.89. The summed E-state index contributed by atoms with van der Waals surface area (Å²) in [5.74, 6) is 0.835. The minimum atomic E-state index is 0.440. The van der Waals surface area contributed by atoms with Gasteiger partial charge in [-0.05, 0) is 36.8 Å². The van der Waals surface area contributed by atoms with Crippen molar-refractivity contribution in [1.82, 2.24) is 0 Å². The van der Waals surface area contributed by atoms with E-state index in [0.29, 0.717) is 11.6 Å². The number of hydrogen-bond acceptors (Lipinski definition) is 3. The van der Waals surface area contributed by atoms with Crippen molar-refractivity contribution in [1.29, 1.82) is 0 Å². The fourth-order valence-electron chi connectivity index (χ4n) is 2.63. The molecule has 4 heteroatoms. The van der Waals surface area contributed by atoms with Gasteiger partial charge in [0.1, 0.15) is 25.2 Å². The maximum Gasteiger partial charge on any atom is 0.119 e. The Morgan fingerprint density at radius 2 is 1.62 bits per heavy atom. The molecule has 0 unspecified atom stereocenters. The molecule has 0 bridgehead atoms. The summed E-state index contributed by atoms with van der Waals surface area (Å²) in [6.07, 6.45) is 0. The van der Waals surface area contributed by atoms with Crippen LogP contribution in [0, 0.1) is 6.92 Å². The van der Waals surface area contributed by atoms with E-state index < -0.39 is 0 Å². The van der Waals surface area contributed by atoms with Crippen LogP contribution in [-0.2, 0) is 11.4 Å². The normalized spacial score (nSPS) is 11.3. The van der Waals surface area contributed by atoms with E-state index in [9.17, 15) is 0 Å². The summed E-state index contributed by atoms with van der Waals surface area (Å²) in [4.78, 5) is 5.09. The van der Waals surface area contributed by atoms with Gasteiger partial charge in [0.05, 0.1) is 0 Å². The van der Waals surface area contributed by atoms with Crippen molar-refractivity contribution in [2.75, 3.05) is 7.11 Å². The molecule has 3 aromatic carbocycles. The molecule has 26 heavy (non-hydrogen) atoms. The lowest BCUT2D eigenvalue weighted by Crippen LogP contribution is -2.09. The van der Waals surface area contributed by atoms with Crippen LogP contribution in [0.25, 0.3) is 0 Å². The van der Waals surface area contributed by atoms with Gasteiger partial charge in [-0.1, -0.05) is 70.9 Å². The summed E-state index contributed by atoms with van der Waals surface area (Å²) in [6, 6.07) is 23.6. The third-order valence-electron chi connectivity index (χ3n) is 3.99. The summed E-state index contributed by atoms with van der Waals surface area (Å²) in [5.41, 5.74) is 4.86. The quantitative estimate of drug-likeness (QED) is 0.419. The molecule has 0 aromatic heterocycles. The molecular formula is C22H20ClNO2. The molecule has 0 spiro atoms. The third kappa shape index (κ3) is 4.44. The van der Waals surface area contributed by atoms with Crippen LogP contribution in [0.1, 0.15) is 22.3 Å². The van der Waals surface area contributed by atoms with Crippen LogP contribution in [0.2, 0.25) is 5.02 Å². The molecule has 132 valence electrons. The van der Waals surface area contributed by atoms with Crippen molar-refractivity contribution in [3.8, 4) is 5.75 Å². The van der Waals surface area contributed by atoms with Crippen LogP contribution < -0.4 is 4.74 Å². The minimum absolute atomic E-state index is 0.440. The zero-order valence-corrected chi connectivity index (χ0v) is 15.5. The molecule has 0 saturated heterocycles. The molecule has 0 aliphatic heterocycles. The first-order valence-electron chi connectivity index (χ1n) is 8.32. The van der Waals surface area contributed by atoms with Crippen LogP contribution in [0.5, 0.6) is 5.75 Å². The monoisotopic (exact) mass is 365 g/mol. The Hall–Kier alpha value is -2.78. The number of ether oxygens (including phenoxy) is 1. The van der Waals surface area contributed by atoms with Gasteiger partial charge in [-0.15, -0.1) is 0 Å². The first-order valence-corrected chi connectivity index (χ1v) is 8.70. The number of rotatable bonds is 6. The Balaban J connectivity index is 1.89. The highest BCUT2D eigenvalue weighted by molar-refractivity contribution is 6.30. The highest BCUT2D eigenvalue weighted by Gasteiger charge is 2.13. The van der Waals surface area contributed by atoms with Crippen molar-refractivity contribution in [3.63, 3.8) is 0 Å². The Labute approximate surface area is 158 Å². The molecule has 0 radical (unpaired) electrons. The Kier molecular flexibility index (Phi) is 5.92. The Morgan fingerprint density at radius 1 is 0.923 bits per heavy atom. The van der Waals surface area contributed by atoms with Gasteiger partial charge in [-0.2, -0.15) is 0 Å². The molecule has 3 nitrogen and oxygen atoms in total. The second-order valence-corrected chi connectivity index (χ2v) is 6.32. The smallest absolute Gasteiger partial charge is 0.119 e. The Morgan fingerprint density at radius 3 is 2.31 bits per heavy atom. The molecule has 0 N–H and O–H groups in total. The second kappa shape index (κ2) is 8.54. The number of oxime groups is 1. The van der Waals surface area contributed by atoms with Crippen molar-refractivity contribution in [2.45, 2.75) is 13.5 Å². The standard InChI is InChI=1S/C22H20ClNO2/c1-16-7-13-20(14-8-16)26-15-18-5-3-4-6-21(18)22(24-25-2)17-9-11-19(23)12-10-17/h3-14H,15H2,1-2H3/b24-22-. The lowest BCUT2D eigenvalue weighted by molar-refractivity contribution is 0.214. The van der Waals surface area contributed by atoms with E-state index in [1.54, 1.807) is 7.11 Å². The van der Waals surface area contributed by atoms with Gasteiger partial charge in [0.2, 0.25) is 0 Å². The molecule has 0 heterocycles. The molecular weight excluding hydrogens is 346 g/mol. The van der Waals surface area contributed by atoms with Crippen LogP contribution in [0.3, 0.4) is 0 Å². The maximum absolute atomic E-state index is 6.01. The zero-order chi connectivity index (χ0) is 18.4. The number of hydrogen-bond donors (Lipinski definition) is 0. The molecule has 3 rings (SSSR count). The number of benzene rings is 3. The highest BCUT2D eigenvalue weighted by Crippen LogP contribution is 2.20. The molecule has 0 atom stereocenters. The summed E-state index contributed by atoms with van der Waals surface area (Å²) in [5, 5.41) is 4.92. The number of halogens is 1. The molecule has 0 saturated carbocycles. The number of aryl methyl sites for hydroxylation is 1. The van der Waals surface area contributed by atoms with Gasteiger partial charge < -0.3 is 9.57 Å². The van der Waals surface area contributed by atoms with Gasteiger partial charge in [0.25, 0.3) is 0 Å². The Bertz CT molecular complexity index is 887. The average Bonchev–Trinajstić information content (AvgIpc) is 2.67. The fourth-order valence-corrected chi connectivity index (χ4v) is 2.76. The average molecular weight is 366 g/mol. The first kappa shape index (κ1) is 18.0. The van der Waals surface area contributed by atoms with E-state index >= 15 is 0 Å². The summed E-state index contributed by atoms with van der Waals surface area (Å²) >= 11 is 6.01. The summed E-state index contributed by atoms with van der Waals surface area (Å²) < 4.78 is 5.95. The maximum atomic E-state index is 6.01. The minimum Gasteiger partial charge on any atom is -0.489 e. The number of nitrogens with zero attached hydrogens (tertiary/aromatic N) is 1. The van der Waals surface area contributed by atoms with E-state index in [4.69, 9.17) is 21.2 Å². The van der Waals surface area contributed by atoms with Crippen molar-refractivity contribution in [3.05, 3.63) is 100 Å². The highest BCUT2D eigenvalue weighted by atomic mass is 35.5. The van der Waals surface area contributed by atoms with Gasteiger partial charge in [0, 0.05) is 16.1 Å². The van der Waals surface area contributed by atoms with Gasteiger partial charge >= 0.3 is 0 Å². The molecule has 3 aromatic rings. The van der Waals surface area contributed by atoms with E-state index in [-0.39, 0.29) is 0 Å². The SMILES string of the molecule is CO/N=C(/c1ccc(Cl)cc1)c1ccccc1COc1ccc(C)cc1. The molecule has 0 aliphatic carbocycles. The predicted octanol–water partition coefficient (Wildman–Crippen LogP) is 5.63. The van der Waals surface area contributed by atoms with E-state index in [1.807, 2.05) is 72.8 Å². The molecule has 0 amide bonds. The lowest BCUT2D eigenvalue weighted by Gasteiger charge is -2.13. The lowest BCUT2D eigenvalue weighted by atomic mass is 9.98. The van der Waals surface area contributed by atoms with Gasteiger partial charge in [-0.3, -0.25) is 0 Å². The zero-order valence-electron chi connectivity index (χ0n) is 14.8. The van der Waals surface area contributed by atoms with Crippen LogP contribution >= 0.6 is 11.6 Å². The topological polar surface area (TPSA) is 30.8 Å².